The van der Waals surface area contributed by atoms with Gasteiger partial charge in [-0.25, -0.2) is 4.39 Å². The number of halogens is 1. The van der Waals surface area contributed by atoms with E-state index < -0.39 is 0 Å². The number of rotatable bonds is 2. The van der Waals surface area contributed by atoms with Crippen LogP contribution in [0.2, 0.25) is 0 Å². The quantitative estimate of drug-likeness (QED) is 0.659. The molecule has 0 aliphatic carbocycles. The van der Waals surface area contributed by atoms with E-state index in [2.05, 4.69) is 36.9 Å². The summed E-state index contributed by atoms with van der Waals surface area (Å²) in [4.78, 5) is 17.7. The zero-order valence-corrected chi connectivity index (χ0v) is 15.8. The summed E-state index contributed by atoms with van der Waals surface area (Å²) in [7, 11) is 0. The van der Waals surface area contributed by atoms with Crippen molar-refractivity contribution in [3.05, 3.63) is 64.3 Å². The number of nitrogens with zero attached hydrogens (tertiary/aromatic N) is 2. The zero-order valence-electron chi connectivity index (χ0n) is 15.0. The fraction of sp³-hybridized carbons (Fsp3) is 0.286. The van der Waals surface area contributed by atoms with Crippen LogP contribution in [0, 0.1) is 19.7 Å². The summed E-state index contributed by atoms with van der Waals surface area (Å²) < 4.78 is 14.7. The average Bonchev–Trinajstić information content (AvgIpc) is 3.09. The molecule has 0 N–H and O–H groups in total. The van der Waals surface area contributed by atoms with E-state index in [0.717, 1.165) is 17.8 Å². The molecule has 0 saturated carbocycles. The summed E-state index contributed by atoms with van der Waals surface area (Å²) in [6, 6.07) is 13.0. The maximum absolute atomic E-state index is 13.9. The third-order valence-corrected chi connectivity index (χ3v) is 6.29. The minimum Gasteiger partial charge on any atom is -0.368 e. The molecule has 4 rings (SSSR count). The molecule has 1 aliphatic rings. The number of carbonyl (C=O) groups excluding carboxylic acids is 1. The molecular formula is C21H21FN2OS. The second kappa shape index (κ2) is 6.72. The number of thiophene rings is 1. The van der Waals surface area contributed by atoms with Crippen LogP contribution >= 0.6 is 11.3 Å². The van der Waals surface area contributed by atoms with E-state index in [-0.39, 0.29) is 11.7 Å². The summed E-state index contributed by atoms with van der Waals surface area (Å²) in [6.07, 6.45) is 0. The predicted octanol–water partition coefficient (Wildman–Crippen LogP) is 4.62. The van der Waals surface area contributed by atoms with E-state index in [4.69, 9.17) is 0 Å². The maximum Gasteiger partial charge on any atom is 0.264 e. The van der Waals surface area contributed by atoms with Gasteiger partial charge in [0.1, 0.15) is 5.82 Å². The average molecular weight is 368 g/mol. The highest BCUT2D eigenvalue weighted by atomic mass is 32.1. The summed E-state index contributed by atoms with van der Waals surface area (Å²) in [5.74, 6) is -0.260. The normalized spacial score (nSPS) is 14.9. The number of anilines is 1. The number of hydrogen-bond donors (Lipinski definition) is 0. The van der Waals surface area contributed by atoms with E-state index in [1.165, 1.54) is 34.2 Å². The lowest BCUT2D eigenvalue weighted by Crippen LogP contribution is -2.48. The Bertz CT molecular complexity index is 973. The highest BCUT2D eigenvalue weighted by molar-refractivity contribution is 7.20. The second-order valence-corrected chi connectivity index (χ2v) is 7.84. The summed E-state index contributed by atoms with van der Waals surface area (Å²) in [5.41, 5.74) is 3.83. The Morgan fingerprint density at radius 1 is 1.04 bits per heavy atom. The molecule has 5 heteroatoms. The molecule has 1 aliphatic heterocycles. The first-order valence-electron chi connectivity index (χ1n) is 8.83. The van der Waals surface area contributed by atoms with Gasteiger partial charge in [-0.15, -0.1) is 11.3 Å². The zero-order chi connectivity index (χ0) is 18.3. The van der Waals surface area contributed by atoms with Crippen molar-refractivity contribution in [3.63, 3.8) is 0 Å². The molecule has 3 nitrogen and oxygen atoms in total. The largest absolute Gasteiger partial charge is 0.368 e. The first-order chi connectivity index (χ1) is 12.5. The lowest BCUT2D eigenvalue weighted by Gasteiger charge is -2.36. The van der Waals surface area contributed by atoms with Gasteiger partial charge in [0.25, 0.3) is 5.91 Å². The van der Waals surface area contributed by atoms with Crippen LogP contribution in [0.3, 0.4) is 0 Å². The third-order valence-electron chi connectivity index (χ3n) is 5.20. The van der Waals surface area contributed by atoms with Gasteiger partial charge in [-0.05, 0) is 49.2 Å². The second-order valence-electron chi connectivity index (χ2n) is 6.76. The number of fused-ring (bicyclic) bond motifs is 1. The Balaban J connectivity index is 1.49. The van der Waals surface area contributed by atoms with Gasteiger partial charge < -0.3 is 9.80 Å². The fourth-order valence-corrected chi connectivity index (χ4v) is 4.56. The van der Waals surface area contributed by atoms with Crippen LogP contribution < -0.4 is 4.90 Å². The lowest BCUT2D eigenvalue weighted by atomic mass is 10.1. The van der Waals surface area contributed by atoms with Crippen molar-refractivity contribution < 1.29 is 9.18 Å². The molecule has 0 atom stereocenters. The van der Waals surface area contributed by atoms with Gasteiger partial charge in [-0.2, -0.15) is 0 Å². The van der Waals surface area contributed by atoms with Crippen molar-refractivity contribution in [2.24, 2.45) is 0 Å². The Labute approximate surface area is 156 Å². The van der Waals surface area contributed by atoms with Gasteiger partial charge in [0.05, 0.1) is 4.88 Å². The Kier molecular flexibility index (Phi) is 4.41. The molecule has 1 saturated heterocycles. The third kappa shape index (κ3) is 2.97. The minimum atomic E-state index is -0.266. The summed E-state index contributed by atoms with van der Waals surface area (Å²) in [5, 5.41) is 0.537. The SMILES string of the molecule is Cc1cccc(N2CCN(C(=O)c3cc4c(F)cccc4s3)CC2)c1C. The monoisotopic (exact) mass is 368 g/mol. The van der Waals surface area contributed by atoms with Crippen LogP contribution in [0.15, 0.2) is 42.5 Å². The van der Waals surface area contributed by atoms with Gasteiger partial charge >= 0.3 is 0 Å². The molecule has 3 aromatic rings. The Hall–Kier alpha value is -2.40. The number of piperazine rings is 1. The standard InChI is InChI=1S/C21H21FN2OS/c1-14-5-3-7-18(15(14)2)23-9-11-24(12-10-23)21(25)20-13-16-17(22)6-4-8-19(16)26-20/h3-8,13H,9-12H2,1-2H3. The number of benzene rings is 2. The Morgan fingerprint density at radius 2 is 1.77 bits per heavy atom. The first kappa shape index (κ1) is 17.0. The smallest absolute Gasteiger partial charge is 0.264 e. The highest BCUT2D eigenvalue weighted by Gasteiger charge is 2.24. The van der Waals surface area contributed by atoms with Crippen molar-refractivity contribution in [1.29, 1.82) is 0 Å². The molecule has 2 aromatic carbocycles. The number of amides is 1. The number of carbonyl (C=O) groups is 1. The molecule has 2 heterocycles. The van der Waals surface area contributed by atoms with E-state index in [1.807, 2.05) is 11.0 Å². The van der Waals surface area contributed by atoms with E-state index in [0.29, 0.717) is 23.4 Å². The van der Waals surface area contributed by atoms with Gasteiger partial charge in [0, 0.05) is 42.0 Å². The number of hydrogen-bond acceptors (Lipinski definition) is 3. The molecular weight excluding hydrogens is 347 g/mol. The molecule has 134 valence electrons. The molecule has 0 bridgehead atoms. The fourth-order valence-electron chi connectivity index (χ4n) is 3.52. The molecule has 26 heavy (non-hydrogen) atoms. The van der Waals surface area contributed by atoms with Crippen LogP contribution in [-0.4, -0.2) is 37.0 Å². The molecule has 1 amide bonds. The van der Waals surface area contributed by atoms with Crippen LogP contribution in [0.1, 0.15) is 20.8 Å². The predicted molar refractivity (Wildman–Crippen MR) is 106 cm³/mol. The first-order valence-corrected chi connectivity index (χ1v) is 9.65. The lowest BCUT2D eigenvalue weighted by molar-refractivity contribution is 0.0751. The molecule has 0 unspecified atom stereocenters. The van der Waals surface area contributed by atoms with Crippen molar-refractivity contribution in [2.75, 3.05) is 31.1 Å². The van der Waals surface area contributed by atoms with Crippen molar-refractivity contribution in [1.82, 2.24) is 4.90 Å². The Morgan fingerprint density at radius 3 is 2.50 bits per heavy atom. The van der Waals surface area contributed by atoms with Crippen LogP contribution in [-0.2, 0) is 0 Å². The van der Waals surface area contributed by atoms with Crippen LogP contribution in [0.25, 0.3) is 10.1 Å². The molecule has 0 spiro atoms. The van der Waals surface area contributed by atoms with E-state index in [9.17, 15) is 9.18 Å². The molecule has 1 fully saturated rings. The number of aryl methyl sites for hydroxylation is 1. The van der Waals surface area contributed by atoms with E-state index in [1.54, 1.807) is 12.1 Å². The van der Waals surface area contributed by atoms with Gasteiger partial charge in [0.15, 0.2) is 0 Å². The maximum atomic E-state index is 13.9. The highest BCUT2D eigenvalue weighted by Crippen LogP contribution is 2.29. The van der Waals surface area contributed by atoms with Gasteiger partial charge in [0.2, 0.25) is 0 Å². The van der Waals surface area contributed by atoms with Crippen molar-refractivity contribution in [2.45, 2.75) is 13.8 Å². The van der Waals surface area contributed by atoms with Gasteiger partial charge in [-0.1, -0.05) is 18.2 Å². The van der Waals surface area contributed by atoms with Crippen LogP contribution in [0.4, 0.5) is 10.1 Å². The van der Waals surface area contributed by atoms with E-state index >= 15 is 0 Å². The minimum absolute atomic E-state index is 0.00575. The van der Waals surface area contributed by atoms with Crippen molar-refractivity contribution >= 4 is 33.0 Å². The topological polar surface area (TPSA) is 23.6 Å². The van der Waals surface area contributed by atoms with Gasteiger partial charge in [-0.3, -0.25) is 4.79 Å². The molecule has 1 aromatic heterocycles. The summed E-state index contributed by atoms with van der Waals surface area (Å²) in [6.45, 7) is 7.27. The molecule has 0 radical (unpaired) electrons. The summed E-state index contributed by atoms with van der Waals surface area (Å²) >= 11 is 1.37. The van der Waals surface area contributed by atoms with Crippen molar-refractivity contribution in [3.8, 4) is 0 Å². The van der Waals surface area contributed by atoms with Crippen LogP contribution in [0.5, 0.6) is 0 Å².